The van der Waals surface area contributed by atoms with Gasteiger partial charge in [0.1, 0.15) is 6.54 Å². The van der Waals surface area contributed by atoms with E-state index in [0.717, 1.165) is 0 Å². The topological polar surface area (TPSA) is 77.5 Å². The Balaban J connectivity index is 4.81. The highest BCUT2D eigenvalue weighted by Gasteiger charge is 2.68. The lowest BCUT2D eigenvalue weighted by Gasteiger charge is -2.31. The molecule has 0 aromatic carbocycles. The van der Waals surface area contributed by atoms with Gasteiger partial charge in [-0.05, 0) is 0 Å². The molecule has 0 unspecified atom stereocenters. The van der Waals surface area contributed by atoms with Gasteiger partial charge in [0.15, 0.2) is 0 Å². The van der Waals surface area contributed by atoms with Crippen molar-refractivity contribution in [3.63, 3.8) is 0 Å². The van der Waals surface area contributed by atoms with Crippen LogP contribution in [0.4, 0.5) is 22.0 Å². The molecule has 22 heavy (non-hydrogen) atoms. The summed E-state index contributed by atoms with van der Waals surface area (Å²) in [7, 11) is -2.36. The zero-order chi connectivity index (χ0) is 18.0. The summed E-state index contributed by atoms with van der Waals surface area (Å²) < 4.78 is 84.6. The number of hydrogen-bond donors (Lipinski definition) is 0. The summed E-state index contributed by atoms with van der Waals surface area (Å²) in [5, 5.41) is 4.57. The summed E-state index contributed by atoms with van der Waals surface area (Å²) in [4.78, 5) is 10.5. The van der Waals surface area contributed by atoms with E-state index in [2.05, 4.69) is 0 Å². The average Bonchev–Trinajstić information content (AvgIpc) is 2.24. The molecule has 6 nitrogen and oxygen atoms in total. The van der Waals surface area contributed by atoms with Crippen LogP contribution in [0.1, 0.15) is 6.42 Å². The molecular weight excluding hydrogens is 339 g/mol. The van der Waals surface area contributed by atoms with E-state index in [0.29, 0.717) is 7.05 Å². The second-order valence-electron chi connectivity index (χ2n) is 5.38. The van der Waals surface area contributed by atoms with Gasteiger partial charge in [0.05, 0.1) is 26.6 Å². The van der Waals surface area contributed by atoms with Gasteiger partial charge in [-0.2, -0.15) is 26.3 Å². The highest BCUT2D eigenvalue weighted by atomic mass is 32.2. The van der Waals surface area contributed by atoms with Gasteiger partial charge in [-0.1, -0.05) is 0 Å². The molecule has 0 aliphatic carbocycles. The van der Waals surface area contributed by atoms with E-state index in [-0.39, 0.29) is 21.8 Å². The van der Waals surface area contributed by atoms with Crippen LogP contribution in [0.25, 0.3) is 0 Å². The SMILES string of the molecule is CN(CCC[N+](C)(C)CC(=O)[O-])S(=O)(=O)C(F)(F)C(F)(F)F. The minimum absolute atomic E-state index is 0.0471. The third-order valence-corrected chi connectivity index (χ3v) is 4.74. The predicted octanol–water partition coefficient (Wildman–Crippen LogP) is -0.381. The Labute approximate surface area is 124 Å². The molecule has 0 amide bonds. The van der Waals surface area contributed by atoms with Crippen molar-refractivity contribution in [2.24, 2.45) is 0 Å². The van der Waals surface area contributed by atoms with Crippen LogP contribution >= 0.6 is 0 Å². The van der Waals surface area contributed by atoms with Crippen LogP contribution < -0.4 is 5.11 Å². The van der Waals surface area contributed by atoms with Crippen molar-refractivity contribution in [3.05, 3.63) is 0 Å². The minimum atomic E-state index is -6.22. The van der Waals surface area contributed by atoms with Gasteiger partial charge in [-0.25, -0.2) is 8.42 Å². The fraction of sp³-hybridized carbons (Fsp3) is 0.900. The van der Waals surface area contributed by atoms with Gasteiger partial charge in [0.25, 0.3) is 10.0 Å². The number of carboxylic acid groups (broad SMARTS) is 1. The van der Waals surface area contributed by atoms with Crippen molar-refractivity contribution in [1.82, 2.24) is 4.31 Å². The molecule has 0 bridgehead atoms. The first-order chi connectivity index (χ1) is 9.54. The Kier molecular flexibility index (Phi) is 6.32. The number of hydrogen-bond acceptors (Lipinski definition) is 4. The van der Waals surface area contributed by atoms with E-state index in [4.69, 9.17) is 0 Å². The second kappa shape index (κ2) is 6.62. The number of rotatable bonds is 8. The summed E-state index contributed by atoms with van der Waals surface area (Å²) in [5.41, 5.74) is 0. The number of quaternary nitrogens is 1. The number of halogens is 5. The molecule has 0 rings (SSSR count). The second-order valence-corrected chi connectivity index (χ2v) is 7.47. The lowest BCUT2D eigenvalue weighted by atomic mass is 10.3. The Morgan fingerprint density at radius 3 is 2.00 bits per heavy atom. The first-order valence-electron chi connectivity index (χ1n) is 5.97. The van der Waals surface area contributed by atoms with Gasteiger partial charge in [-0.15, -0.1) is 0 Å². The summed E-state index contributed by atoms with van der Waals surface area (Å²) in [5.74, 6) is -1.37. The van der Waals surface area contributed by atoms with Gasteiger partial charge >= 0.3 is 11.4 Å². The van der Waals surface area contributed by atoms with Gasteiger partial charge < -0.3 is 14.4 Å². The Morgan fingerprint density at radius 2 is 1.64 bits per heavy atom. The molecular formula is C10H17F5N2O4S. The quantitative estimate of drug-likeness (QED) is 0.439. The first kappa shape index (κ1) is 21.0. The average molecular weight is 356 g/mol. The number of sulfonamides is 1. The van der Waals surface area contributed by atoms with Crippen molar-refractivity contribution >= 4 is 16.0 Å². The summed E-state index contributed by atoms with van der Waals surface area (Å²) >= 11 is 0. The summed E-state index contributed by atoms with van der Waals surface area (Å²) in [6.07, 6.45) is -6.33. The molecule has 0 aromatic rings. The predicted molar refractivity (Wildman–Crippen MR) is 64.0 cm³/mol. The smallest absolute Gasteiger partial charge is 0.470 e. The van der Waals surface area contributed by atoms with Crippen molar-refractivity contribution in [3.8, 4) is 0 Å². The van der Waals surface area contributed by atoms with Crippen LogP contribution in [-0.4, -0.2) is 75.4 Å². The van der Waals surface area contributed by atoms with E-state index < -0.39 is 40.5 Å². The van der Waals surface area contributed by atoms with Crippen molar-refractivity contribution in [1.29, 1.82) is 0 Å². The van der Waals surface area contributed by atoms with Crippen LogP contribution in [0.5, 0.6) is 0 Å². The number of likely N-dealkylation sites (N-methyl/N-ethyl adjacent to an activating group) is 1. The van der Waals surface area contributed by atoms with E-state index in [1.807, 2.05) is 0 Å². The van der Waals surface area contributed by atoms with E-state index in [1.165, 1.54) is 14.1 Å². The lowest BCUT2D eigenvalue weighted by Crippen LogP contribution is -2.52. The third-order valence-electron chi connectivity index (χ3n) is 2.86. The first-order valence-corrected chi connectivity index (χ1v) is 7.41. The van der Waals surface area contributed by atoms with Gasteiger partial charge in [0, 0.05) is 20.0 Å². The Morgan fingerprint density at radius 1 is 1.18 bits per heavy atom. The fourth-order valence-electron chi connectivity index (χ4n) is 1.61. The van der Waals surface area contributed by atoms with Crippen LogP contribution in [0.2, 0.25) is 0 Å². The molecule has 0 saturated carbocycles. The number of carbonyl (C=O) groups is 1. The minimum Gasteiger partial charge on any atom is -0.544 e. The standard InChI is InChI=1S/C10H17F5N2O4S/c1-16(5-4-6-17(2,3)7-8(18)19)22(20,21)10(14,15)9(11,12)13/h4-7H2,1-3H3. The molecule has 0 aliphatic rings. The molecule has 0 saturated heterocycles. The monoisotopic (exact) mass is 356 g/mol. The van der Waals surface area contributed by atoms with Crippen molar-refractivity contribution in [2.45, 2.75) is 17.9 Å². The molecule has 12 heteroatoms. The number of nitrogens with zero attached hydrogens (tertiary/aromatic N) is 2. The Hall–Kier alpha value is -1.01. The number of carbonyl (C=O) groups excluding carboxylic acids is 1. The molecule has 0 heterocycles. The maximum absolute atomic E-state index is 12.9. The van der Waals surface area contributed by atoms with E-state index in [1.54, 1.807) is 0 Å². The highest BCUT2D eigenvalue weighted by Crippen LogP contribution is 2.41. The molecule has 0 N–H and O–H groups in total. The molecule has 0 radical (unpaired) electrons. The summed E-state index contributed by atoms with van der Waals surface area (Å²) in [6.45, 7) is -0.969. The van der Waals surface area contributed by atoms with Crippen LogP contribution in [-0.2, 0) is 14.8 Å². The molecule has 0 spiro atoms. The maximum Gasteiger partial charge on any atom is 0.470 e. The van der Waals surface area contributed by atoms with Gasteiger partial charge in [-0.3, -0.25) is 0 Å². The lowest BCUT2D eigenvalue weighted by molar-refractivity contribution is -0.884. The molecule has 0 atom stereocenters. The van der Waals surface area contributed by atoms with Crippen molar-refractivity contribution < 1.29 is 44.8 Å². The molecule has 132 valence electrons. The number of aliphatic carboxylic acids is 1. The largest absolute Gasteiger partial charge is 0.544 e. The number of carboxylic acids is 1. The van der Waals surface area contributed by atoms with Crippen LogP contribution in [0, 0.1) is 0 Å². The van der Waals surface area contributed by atoms with Crippen molar-refractivity contribution in [2.75, 3.05) is 40.8 Å². The zero-order valence-electron chi connectivity index (χ0n) is 12.2. The highest BCUT2D eigenvalue weighted by molar-refractivity contribution is 7.90. The maximum atomic E-state index is 12.9. The van der Waals surface area contributed by atoms with E-state index >= 15 is 0 Å². The molecule has 0 aliphatic heterocycles. The fourth-order valence-corrected chi connectivity index (χ4v) is 2.67. The summed E-state index contributed by atoms with van der Waals surface area (Å²) in [6, 6.07) is 0. The number of alkyl halides is 5. The molecule has 0 fully saturated rings. The zero-order valence-corrected chi connectivity index (χ0v) is 13.0. The molecule has 0 aromatic heterocycles. The third kappa shape index (κ3) is 5.02. The Bertz CT molecular complexity index is 504. The van der Waals surface area contributed by atoms with E-state index in [9.17, 15) is 40.3 Å². The normalized spacial score (nSPS) is 14.4. The van der Waals surface area contributed by atoms with Gasteiger partial charge in [0.2, 0.25) is 0 Å². The van der Waals surface area contributed by atoms with Crippen LogP contribution in [0.15, 0.2) is 0 Å². The van der Waals surface area contributed by atoms with Crippen LogP contribution in [0.3, 0.4) is 0 Å².